The van der Waals surface area contributed by atoms with Crippen molar-refractivity contribution in [3.63, 3.8) is 0 Å². The summed E-state index contributed by atoms with van der Waals surface area (Å²) in [5.74, 6) is 6.18. The zero-order valence-corrected chi connectivity index (χ0v) is 12.3. The van der Waals surface area contributed by atoms with E-state index in [-0.39, 0.29) is 12.5 Å². The third kappa shape index (κ3) is 3.60. The number of nitrogens with zero attached hydrogens (tertiary/aromatic N) is 1. The highest BCUT2D eigenvalue weighted by Gasteiger charge is 2.21. The Bertz CT molecular complexity index is 596. The molecule has 20 heavy (non-hydrogen) atoms. The lowest BCUT2D eigenvalue weighted by atomic mass is 10.1. The number of carbonyl (C=O) groups is 1. The van der Waals surface area contributed by atoms with Crippen LogP contribution in [0.2, 0.25) is 5.02 Å². The molecule has 1 aliphatic rings. The smallest absolute Gasteiger partial charge is 0.253 e. The Hall–Kier alpha value is -1.35. The maximum atomic E-state index is 12.3. The van der Waals surface area contributed by atoms with Crippen LogP contribution in [-0.4, -0.2) is 51.3 Å². The topological polar surface area (TPSA) is 57.6 Å². The molecule has 0 aliphatic carbocycles. The molecule has 1 amide bonds. The Morgan fingerprint density at radius 2 is 2.10 bits per heavy atom. The number of aliphatic hydroxyl groups is 1. The van der Waals surface area contributed by atoms with Gasteiger partial charge in [0.25, 0.3) is 5.91 Å². The van der Waals surface area contributed by atoms with E-state index in [1.165, 1.54) is 0 Å². The van der Waals surface area contributed by atoms with Crippen molar-refractivity contribution < 1.29 is 14.1 Å². The lowest BCUT2D eigenvalue weighted by Crippen LogP contribution is -2.41. The average Bonchev–Trinajstić information content (AvgIpc) is 2.46. The van der Waals surface area contributed by atoms with E-state index in [1.807, 2.05) is 0 Å². The summed E-state index contributed by atoms with van der Waals surface area (Å²) < 4.78 is 11.3. The van der Waals surface area contributed by atoms with Crippen molar-refractivity contribution in [3.8, 4) is 11.8 Å². The molecule has 0 spiro atoms. The number of rotatable bonds is 1. The Labute approximate surface area is 125 Å². The number of aliphatic hydroxyl groups excluding tert-OH is 1. The van der Waals surface area contributed by atoms with Crippen molar-refractivity contribution in [1.82, 2.24) is 4.90 Å². The Kier molecular flexibility index (Phi) is 5.18. The molecule has 0 unspecified atom stereocenters. The minimum atomic E-state index is -0.808. The molecular formula is C14H14ClNO3S. The molecule has 1 saturated heterocycles. The monoisotopic (exact) mass is 311 g/mol. The number of carbonyl (C=O) groups excluding carboxylic acids is 1. The van der Waals surface area contributed by atoms with Crippen LogP contribution in [0.15, 0.2) is 18.2 Å². The summed E-state index contributed by atoms with van der Waals surface area (Å²) in [5.41, 5.74) is 1.08. The van der Waals surface area contributed by atoms with E-state index in [0.717, 1.165) is 0 Å². The number of benzene rings is 1. The van der Waals surface area contributed by atoms with Gasteiger partial charge in [0, 0.05) is 46.5 Å². The molecule has 1 aliphatic heterocycles. The van der Waals surface area contributed by atoms with Gasteiger partial charge in [-0.15, -0.1) is 0 Å². The van der Waals surface area contributed by atoms with Crippen LogP contribution < -0.4 is 0 Å². The first-order valence-corrected chi connectivity index (χ1v) is 8.02. The van der Waals surface area contributed by atoms with Gasteiger partial charge in [0.05, 0.1) is 5.02 Å². The molecule has 2 rings (SSSR count). The van der Waals surface area contributed by atoms with Crippen LogP contribution in [0, 0.1) is 11.8 Å². The first-order valence-electron chi connectivity index (χ1n) is 6.15. The van der Waals surface area contributed by atoms with Gasteiger partial charge in [0.15, 0.2) is 0 Å². The quantitative estimate of drug-likeness (QED) is 0.784. The molecule has 1 aromatic rings. The van der Waals surface area contributed by atoms with Crippen molar-refractivity contribution in [1.29, 1.82) is 0 Å². The number of hydrogen-bond acceptors (Lipinski definition) is 3. The summed E-state index contributed by atoms with van der Waals surface area (Å²) in [5, 5.41) is 9.04. The Morgan fingerprint density at radius 1 is 1.40 bits per heavy atom. The summed E-state index contributed by atoms with van der Waals surface area (Å²) >= 11 is 6.07. The molecule has 0 saturated carbocycles. The second-order valence-electron chi connectivity index (χ2n) is 4.29. The van der Waals surface area contributed by atoms with Gasteiger partial charge < -0.3 is 10.0 Å². The van der Waals surface area contributed by atoms with Crippen LogP contribution >= 0.6 is 11.6 Å². The van der Waals surface area contributed by atoms with E-state index in [1.54, 1.807) is 23.1 Å². The fourth-order valence-electron chi connectivity index (χ4n) is 1.91. The normalized spacial score (nSPS) is 15.6. The van der Waals surface area contributed by atoms with Crippen LogP contribution in [0.1, 0.15) is 15.9 Å². The molecule has 106 valence electrons. The third-order valence-corrected chi connectivity index (χ3v) is 4.57. The summed E-state index contributed by atoms with van der Waals surface area (Å²) in [4.78, 5) is 14.0. The summed E-state index contributed by atoms with van der Waals surface area (Å²) in [6, 6.07) is 4.92. The van der Waals surface area contributed by atoms with Gasteiger partial charge in [-0.25, -0.2) is 0 Å². The lowest BCUT2D eigenvalue weighted by molar-refractivity contribution is 0.0771. The zero-order valence-electron chi connectivity index (χ0n) is 10.8. The van der Waals surface area contributed by atoms with E-state index >= 15 is 0 Å². The van der Waals surface area contributed by atoms with Crippen LogP contribution in [0.3, 0.4) is 0 Å². The van der Waals surface area contributed by atoms with Crippen molar-refractivity contribution in [2.75, 3.05) is 31.2 Å². The maximum Gasteiger partial charge on any atom is 0.253 e. The Morgan fingerprint density at radius 3 is 2.70 bits per heavy atom. The Balaban J connectivity index is 2.15. The molecular weight excluding hydrogens is 298 g/mol. The third-order valence-electron chi connectivity index (χ3n) is 2.98. The summed E-state index contributed by atoms with van der Waals surface area (Å²) in [7, 11) is -0.808. The predicted octanol–water partition coefficient (Wildman–Crippen LogP) is 0.888. The number of amides is 1. The molecule has 4 nitrogen and oxygen atoms in total. The zero-order chi connectivity index (χ0) is 14.5. The van der Waals surface area contributed by atoms with E-state index in [4.69, 9.17) is 16.7 Å². The molecule has 0 aromatic heterocycles. The van der Waals surface area contributed by atoms with Crippen LogP contribution in [0.4, 0.5) is 0 Å². The molecule has 1 heterocycles. The van der Waals surface area contributed by atoms with Crippen molar-refractivity contribution in [2.45, 2.75) is 0 Å². The molecule has 0 bridgehead atoms. The molecule has 1 N–H and O–H groups in total. The van der Waals surface area contributed by atoms with Crippen molar-refractivity contribution >= 4 is 28.3 Å². The first-order chi connectivity index (χ1) is 9.61. The maximum absolute atomic E-state index is 12.3. The second kappa shape index (κ2) is 6.89. The molecule has 0 atom stereocenters. The fourth-order valence-corrected chi connectivity index (χ4v) is 3.19. The van der Waals surface area contributed by atoms with Crippen molar-refractivity contribution in [2.24, 2.45) is 0 Å². The average molecular weight is 312 g/mol. The highest BCUT2D eigenvalue weighted by Crippen LogP contribution is 2.18. The van der Waals surface area contributed by atoms with Gasteiger partial charge >= 0.3 is 0 Å². The summed E-state index contributed by atoms with van der Waals surface area (Å²) in [6.07, 6.45) is 0. The SMILES string of the molecule is O=C(c1ccc(C#CCO)c(Cl)c1)N1CCS(=O)CC1. The first kappa shape index (κ1) is 15.0. The van der Waals surface area contributed by atoms with Crippen LogP contribution in [-0.2, 0) is 10.8 Å². The van der Waals surface area contributed by atoms with E-state index in [0.29, 0.717) is 40.7 Å². The van der Waals surface area contributed by atoms with E-state index in [9.17, 15) is 9.00 Å². The molecule has 1 aromatic carbocycles. The van der Waals surface area contributed by atoms with Gasteiger partial charge in [0.1, 0.15) is 6.61 Å². The van der Waals surface area contributed by atoms with E-state index in [2.05, 4.69) is 11.8 Å². The molecule has 0 radical (unpaired) electrons. The minimum Gasteiger partial charge on any atom is -0.384 e. The predicted molar refractivity (Wildman–Crippen MR) is 79.2 cm³/mol. The number of halogens is 1. The van der Waals surface area contributed by atoms with Crippen LogP contribution in [0.5, 0.6) is 0 Å². The van der Waals surface area contributed by atoms with Gasteiger partial charge in [0.2, 0.25) is 0 Å². The molecule has 1 fully saturated rings. The summed E-state index contributed by atoms with van der Waals surface area (Å²) in [6.45, 7) is 0.784. The van der Waals surface area contributed by atoms with Gasteiger partial charge in [-0.1, -0.05) is 23.4 Å². The van der Waals surface area contributed by atoms with Gasteiger partial charge in [-0.05, 0) is 18.2 Å². The van der Waals surface area contributed by atoms with E-state index < -0.39 is 10.8 Å². The fraction of sp³-hybridized carbons (Fsp3) is 0.357. The van der Waals surface area contributed by atoms with Crippen LogP contribution in [0.25, 0.3) is 0 Å². The second-order valence-corrected chi connectivity index (χ2v) is 6.40. The highest BCUT2D eigenvalue weighted by atomic mass is 35.5. The standard InChI is InChI=1S/C14H14ClNO3S/c15-13-10-12(4-3-11(13)2-1-7-17)14(18)16-5-8-20(19)9-6-16/h3-4,10,17H,5-9H2. The lowest BCUT2D eigenvalue weighted by Gasteiger charge is -2.26. The van der Waals surface area contributed by atoms with Crippen molar-refractivity contribution in [3.05, 3.63) is 34.3 Å². The molecule has 6 heteroatoms. The minimum absolute atomic E-state index is 0.106. The number of hydrogen-bond donors (Lipinski definition) is 1. The van der Waals surface area contributed by atoms with Gasteiger partial charge in [-0.3, -0.25) is 9.00 Å². The van der Waals surface area contributed by atoms with Gasteiger partial charge in [-0.2, -0.15) is 0 Å². The largest absolute Gasteiger partial charge is 0.384 e. The highest BCUT2D eigenvalue weighted by molar-refractivity contribution is 7.85.